The first-order valence-electron chi connectivity index (χ1n) is 7.76. The lowest BCUT2D eigenvalue weighted by Gasteiger charge is -2.27. The Kier molecular flexibility index (Phi) is 4.96. The Hall–Kier alpha value is -1.48. The van der Waals surface area contributed by atoms with E-state index in [1.54, 1.807) is 17.0 Å². The molecule has 1 amide bonds. The zero-order chi connectivity index (χ0) is 16.3. The van der Waals surface area contributed by atoms with Crippen LogP contribution in [0, 0.1) is 0 Å². The fourth-order valence-electron chi connectivity index (χ4n) is 2.79. The van der Waals surface area contributed by atoms with Crippen LogP contribution >= 0.6 is 0 Å². The Morgan fingerprint density at radius 1 is 1.30 bits per heavy atom. The van der Waals surface area contributed by atoms with Gasteiger partial charge in [-0.2, -0.15) is 0 Å². The van der Waals surface area contributed by atoms with Gasteiger partial charge in [0.05, 0.1) is 18.1 Å². The molecule has 0 bridgehead atoms. The van der Waals surface area contributed by atoms with Crippen molar-refractivity contribution in [1.29, 1.82) is 0 Å². The highest BCUT2D eigenvalue weighted by molar-refractivity contribution is 7.89. The number of hydrogen-bond acceptors (Lipinski definition) is 5. The average Bonchev–Trinajstić information content (AvgIpc) is 3.07. The molecule has 0 unspecified atom stereocenters. The van der Waals surface area contributed by atoms with E-state index in [4.69, 9.17) is 4.74 Å². The van der Waals surface area contributed by atoms with Crippen LogP contribution in [0.5, 0.6) is 0 Å². The molecule has 2 fully saturated rings. The summed E-state index contributed by atoms with van der Waals surface area (Å²) < 4.78 is 32.8. The number of ether oxygens (including phenoxy) is 1. The molecule has 2 heterocycles. The highest BCUT2D eigenvalue weighted by Gasteiger charge is 2.24. The summed E-state index contributed by atoms with van der Waals surface area (Å²) in [6, 6.07) is 6.12. The minimum absolute atomic E-state index is 0.0985. The van der Waals surface area contributed by atoms with Crippen LogP contribution in [0.1, 0.15) is 16.8 Å². The van der Waals surface area contributed by atoms with Crippen LogP contribution in [0.4, 0.5) is 0 Å². The van der Waals surface area contributed by atoms with Gasteiger partial charge in [-0.05, 0) is 31.2 Å². The van der Waals surface area contributed by atoms with Gasteiger partial charge in [-0.3, -0.25) is 4.79 Å². The lowest BCUT2D eigenvalue weighted by molar-refractivity contribution is 0.0302. The van der Waals surface area contributed by atoms with E-state index in [1.807, 2.05) is 0 Å². The zero-order valence-electron chi connectivity index (χ0n) is 12.8. The number of nitrogens with one attached hydrogen (secondary N) is 2. The largest absolute Gasteiger partial charge is 0.378 e. The van der Waals surface area contributed by atoms with Crippen LogP contribution in [-0.4, -0.2) is 64.7 Å². The third-order valence-corrected chi connectivity index (χ3v) is 5.59. The number of amides is 1. The van der Waals surface area contributed by atoms with E-state index in [9.17, 15) is 13.2 Å². The number of rotatable bonds is 4. The molecule has 3 rings (SSSR count). The molecule has 0 spiro atoms. The fraction of sp³-hybridized carbons (Fsp3) is 0.533. The maximum atomic E-state index is 12.5. The van der Waals surface area contributed by atoms with Gasteiger partial charge in [0, 0.05) is 31.2 Å². The second-order valence-corrected chi connectivity index (χ2v) is 7.46. The normalized spacial score (nSPS) is 22.3. The molecule has 2 aliphatic rings. The van der Waals surface area contributed by atoms with E-state index in [1.165, 1.54) is 12.1 Å². The summed E-state index contributed by atoms with van der Waals surface area (Å²) in [5, 5.41) is 3.12. The van der Waals surface area contributed by atoms with Gasteiger partial charge in [-0.25, -0.2) is 13.1 Å². The predicted molar refractivity (Wildman–Crippen MR) is 84.8 cm³/mol. The molecule has 0 aliphatic carbocycles. The molecule has 0 saturated carbocycles. The summed E-state index contributed by atoms with van der Waals surface area (Å²) in [4.78, 5) is 14.3. The third kappa shape index (κ3) is 3.89. The molecule has 23 heavy (non-hydrogen) atoms. The Morgan fingerprint density at radius 2 is 2.09 bits per heavy atom. The number of hydrogen-bond donors (Lipinski definition) is 2. The highest BCUT2D eigenvalue weighted by Crippen LogP contribution is 2.15. The number of sulfonamides is 1. The van der Waals surface area contributed by atoms with Crippen molar-refractivity contribution in [3.63, 3.8) is 0 Å². The molecule has 126 valence electrons. The van der Waals surface area contributed by atoms with E-state index < -0.39 is 10.0 Å². The zero-order valence-corrected chi connectivity index (χ0v) is 13.6. The number of carbonyl (C=O) groups is 1. The topological polar surface area (TPSA) is 87.7 Å². The molecular formula is C15H21N3O4S. The van der Waals surface area contributed by atoms with Crippen molar-refractivity contribution in [3.05, 3.63) is 29.8 Å². The van der Waals surface area contributed by atoms with Crippen LogP contribution in [0.2, 0.25) is 0 Å². The van der Waals surface area contributed by atoms with E-state index >= 15 is 0 Å². The highest BCUT2D eigenvalue weighted by atomic mass is 32.2. The first kappa shape index (κ1) is 16.4. The lowest BCUT2D eigenvalue weighted by Crippen LogP contribution is -2.40. The predicted octanol–water partition coefficient (Wildman–Crippen LogP) is -0.201. The maximum absolute atomic E-state index is 12.5. The van der Waals surface area contributed by atoms with Crippen molar-refractivity contribution < 1.29 is 17.9 Å². The monoisotopic (exact) mass is 339 g/mol. The molecule has 2 aliphatic heterocycles. The molecular weight excluding hydrogens is 318 g/mol. The Bertz CT molecular complexity index is 665. The number of carbonyl (C=O) groups excluding carboxylic acids is 1. The van der Waals surface area contributed by atoms with Gasteiger partial charge >= 0.3 is 0 Å². The Labute approximate surface area is 136 Å². The summed E-state index contributed by atoms with van der Waals surface area (Å²) in [5.41, 5.74) is 0.388. The third-order valence-electron chi connectivity index (χ3n) is 4.07. The molecule has 7 nitrogen and oxygen atoms in total. The van der Waals surface area contributed by atoms with E-state index in [0.717, 1.165) is 13.0 Å². The quantitative estimate of drug-likeness (QED) is 0.793. The molecule has 0 aromatic heterocycles. The number of benzene rings is 1. The summed E-state index contributed by atoms with van der Waals surface area (Å²) in [6.07, 6.45) is 0.769. The minimum atomic E-state index is -3.62. The van der Waals surface area contributed by atoms with E-state index in [0.29, 0.717) is 38.4 Å². The van der Waals surface area contributed by atoms with Gasteiger partial charge in [0.15, 0.2) is 0 Å². The second-order valence-electron chi connectivity index (χ2n) is 5.74. The maximum Gasteiger partial charge on any atom is 0.254 e. The van der Waals surface area contributed by atoms with Crippen molar-refractivity contribution >= 4 is 15.9 Å². The first-order valence-corrected chi connectivity index (χ1v) is 9.25. The smallest absolute Gasteiger partial charge is 0.254 e. The number of morpholine rings is 1. The van der Waals surface area contributed by atoms with Gasteiger partial charge in [0.1, 0.15) is 0 Å². The van der Waals surface area contributed by atoms with Crippen LogP contribution in [0.15, 0.2) is 29.2 Å². The Balaban J connectivity index is 1.77. The molecule has 1 aromatic carbocycles. The standard InChI is InChI=1S/C15H21N3O4S/c19-15(18-6-8-22-9-7-18)12-2-1-3-14(10-12)23(20,21)17-13-4-5-16-11-13/h1-3,10,13,16-17H,4-9,11H2/t13-/m1/s1. The van der Waals surface area contributed by atoms with Crippen LogP contribution in [0.3, 0.4) is 0 Å². The first-order chi connectivity index (χ1) is 11.1. The van der Waals surface area contributed by atoms with E-state index in [2.05, 4.69) is 10.0 Å². The van der Waals surface area contributed by atoms with Crippen LogP contribution < -0.4 is 10.0 Å². The van der Waals surface area contributed by atoms with Crippen molar-refractivity contribution in [2.75, 3.05) is 39.4 Å². The SMILES string of the molecule is O=C(c1cccc(S(=O)(=O)N[C@@H]2CCNC2)c1)N1CCOCC1. The van der Waals surface area contributed by atoms with Gasteiger partial charge in [-0.1, -0.05) is 6.07 Å². The van der Waals surface area contributed by atoms with Crippen molar-refractivity contribution in [2.24, 2.45) is 0 Å². The Morgan fingerprint density at radius 3 is 2.78 bits per heavy atom. The summed E-state index contributed by atoms with van der Waals surface area (Å²) >= 11 is 0. The van der Waals surface area contributed by atoms with Crippen LogP contribution in [-0.2, 0) is 14.8 Å². The van der Waals surface area contributed by atoms with Crippen LogP contribution in [0.25, 0.3) is 0 Å². The van der Waals surface area contributed by atoms with Gasteiger partial charge in [0.2, 0.25) is 10.0 Å². The van der Waals surface area contributed by atoms with Gasteiger partial charge in [-0.15, -0.1) is 0 Å². The summed E-state index contributed by atoms with van der Waals surface area (Å²) in [7, 11) is -3.62. The molecule has 2 saturated heterocycles. The summed E-state index contributed by atoms with van der Waals surface area (Å²) in [6.45, 7) is 3.53. The van der Waals surface area contributed by atoms with Crippen molar-refractivity contribution in [2.45, 2.75) is 17.4 Å². The molecule has 2 N–H and O–H groups in total. The van der Waals surface area contributed by atoms with Gasteiger partial charge in [0.25, 0.3) is 5.91 Å². The van der Waals surface area contributed by atoms with E-state index in [-0.39, 0.29) is 16.8 Å². The van der Waals surface area contributed by atoms with Crippen molar-refractivity contribution in [1.82, 2.24) is 14.9 Å². The molecule has 1 aromatic rings. The average molecular weight is 339 g/mol. The second kappa shape index (κ2) is 6.96. The minimum Gasteiger partial charge on any atom is -0.378 e. The van der Waals surface area contributed by atoms with Gasteiger partial charge < -0.3 is 15.0 Å². The fourth-order valence-corrected chi connectivity index (χ4v) is 4.10. The molecule has 8 heteroatoms. The lowest BCUT2D eigenvalue weighted by atomic mass is 10.2. The summed E-state index contributed by atoms with van der Waals surface area (Å²) in [5.74, 6) is -0.159. The molecule has 1 atom stereocenters. The molecule has 0 radical (unpaired) electrons. The number of nitrogens with zero attached hydrogens (tertiary/aromatic N) is 1. The van der Waals surface area contributed by atoms with Crippen molar-refractivity contribution in [3.8, 4) is 0 Å².